The molecule has 1 aliphatic heterocycles. The number of likely N-dealkylation sites (tertiary alicyclic amines) is 1. The number of amides is 1. The Labute approximate surface area is 166 Å². The van der Waals surface area contributed by atoms with Crippen molar-refractivity contribution in [2.75, 3.05) is 6.54 Å². The average molecular weight is 383 g/mol. The highest BCUT2D eigenvalue weighted by molar-refractivity contribution is 5.77. The van der Waals surface area contributed by atoms with Crippen LogP contribution in [0.15, 0.2) is 35.1 Å². The summed E-state index contributed by atoms with van der Waals surface area (Å²) in [7, 11) is 1.69. The molecule has 0 bridgehead atoms. The minimum absolute atomic E-state index is 0.0892. The van der Waals surface area contributed by atoms with E-state index in [0.29, 0.717) is 18.9 Å². The van der Waals surface area contributed by atoms with Gasteiger partial charge in [0.25, 0.3) is 0 Å². The molecule has 1 amide bonds. The van der Waals surface area contributed by atoms with E-state index in [4.69, 9.17) is 0 Å². The van der Waals surface area contributed by atoms with Crippen LogP contribution in [-0.4, -0.2) is 31.7 Å². The molecular formula is C22H30N4O2. The Kier molecular flexibility index (Phi) is 5.64. The highest BCUT2D eigenvalue weighted by Gasteiger charge is 2.35. The second-order valence-electron chi connectivity index (χ2n) is 8.29. The topological polar surface area (TPSA) is 60.1 Å². The van der Waals surface area contributed by atoms with Gasteiger partial charge in [0.15, 0.2) is 5.82 Å². The largest absolute Gasteiger partial charge is 0.346 e. The fourth-order valence-electron chi connectivity index (χ4n) is 4.77. The van der Waals surface area contributed by atoms with E-state index in [-0.39, 0.29) is 17.6 Å². The number of hydrogen-bond donors (Lipinski definition) is 0. The quantitative estimate of drug-likeness (QED) is 0.797. The summed E-state index contributed by atoms with van der Waals surface area (Å²) in [5.41, 5.74) is 0.947. The zero-order chi connectivity index (χ0) is 19.5. The Hall–Kier alpha value is -2.37. The van der Waals surface area contributed by atoms with Crippen molar-refractivity contribution in [3.63, 3.8) is 0 Å². The first-order valence-corrected chi connectivity index (χ1v) is 10.6. The summed E-state index contributed by atoms with van der Waals surface area (Å²) in [5, 5.41) is 4.54. The maximum Gasteiger partial charge on any atom is 0.346 e. The molecule has 1 atom stereocenters. The number of carbonyl (C=O) groups excluding carboxylic acids is 1. The maximum atomic E-state index is 13.1. The number of benzene rings is 1. The molecule has 2 heterocycles. The van der Waals surface area contributed by atoms with E-state index < -0.39 is 0 Å². The van der Waals surface area contributed by atoms with Crippen molar-refractivity contribution >= 4 is 5.91 Å². The SMILES string of the molecule is Cn1nc(C2CCCN2C(=O)CC2CCCCC2)n(Cc2ccccc2)c1=O. The molecule has 4 rings (SSSR count). The lowest BCUT2D eigenvalue weighted by molar-refractivity contribution is -0.133. The first kappa shape index (κ1) is 19.0. The van der Waals surface area contributed by atoms with Crippen molar-refractivity contribution in [3.8, 4) is 0 Å². The summed E-state index contributed by atoms with van der Waals surface area (Å²) in [4.78, 5) is 27.8. The van der Waals surface area contributed by atoms with Crippen molar-refractivity contribution in [2.24, 2.45) is 13.0 Å². The van der Waals surface area contributed by atoms with E-state index in [9.17, 15) is 9.59 Å². The molecule has 0 radical (unpaired) electrons. The molecule has 2 aromatic rings. The van der Waals surface area contributed by atoms with Gasteiger partial charge in [-0.15, -0.1) is 0 Å². The highest BCUT2D eigenvalue weighted by Crippen LogP contribution is 2.33. The van der Waals surface area contributed by atoms with Gasteiger partial charge >= 0.3 is 5.69 Å². The number of aryl methyl sites for hydroxylation is 1. The molecular weight excluding hydrogens is 352 g/mol. The lowest BCUT2D eigenvalue weighted by atomic mass is 9.86. The van der Waals surface area contributed by atoms with E-state index in [2.05, 4.69) is 5.10 Å². The Bertz CT molecular complexity index is 864. The normalized spacial score (nSPS) is 20.6. The molecule has 1 aromatic carbocycles. The van der Waals surface area contributed by atoms with Crippen LogP contribution < -0.4 is 5.69 Å². The molecule has 2 aliphatic rings. The van der Waals surface area contributed by atoms with Gasteiger partial charge in [-0.2, -0.15) is 5.10 Å². The van der Waals surface area contributed by atoms with Crippen molar-refractivity contribution in [2.45, 2.75) is 64.0 Å². The molecule has 1 saturated carbocycles. The Morgan fingerprint density at radius 2 is 1.82 bits per heavy atom. The summed E-state index contributed by atoms with van der Waals surface area (Å²) in [5.74, 6) is 1.49. The van der Waals surface area contributed by atoms with Gasteiger partial charge in [-0.25, -0.2) is 9.48 Å². The zero-order valence-corrected chi connectivity index (χ0v) is 16.7. The standard InChI is InChI=1S/C22H30N4O2/c1-24-22(28)26(16-18-11-6-3-7-12-18)21(23-24)19-13-8-14-25(19)20(27)15-17-9-4-2-5-10-17/h3,6-7,11-12,17,19H,2,4-5,8-10,13-16H2,1H3. The molecule has 6 heteroatoms. The van der Waals surface area contributed by atoms with Crippen molar-refractivity contribution in [3.05, 3.63) is 52.2 Å². The van der Waals surface area contributed by atoms with Crippen LogP contribution in [0.1, 0.15) is 68.8 Å². The molecule has 150 valence electrons. The number of carbonyl (C=O) groups is 1. The monoisotopic (exact) mass is 382 g/mol. The lowest BCUT2D eigenvalue weighted by Crippen LogP contribution is -2.34. The number of nitrogens with zero attached hydrogens (tertiary/aromatic N) is 4. The summed E-state index contributed by atoms with van der Waals surface area (Å²) >= 11 is 0. The smallest absolute Gasteiger partial charge is 0.332 e. The molecule has 28 heavy (non-hydrogen) atoms. The number of hydrogen-bond acceptors (Lipinski definition) is 3. The first-order valence-electron chi connectivity index (χ1n) is 10.6. The number of rotatable bonds is 5. The fraction of sp³-hybridized carbons (Fsp3) is 0.591. The van der Waals surface area contributed by atoms with Crippen LogP contribution in [0.25, 0.3) is 0 Å². The van der Waals surface area contributed by atoms with E-state index in [1.165, 1.54) is 36.8 Å². The van der Waals surface area contributed by atoms with Gasteiger partial charge in [-0.05, 0) is 37.2 Å². The van der Waals surface area contributed by atoms with Crippen LogP contribution in [0.5, 0.6) is 0 Å². The molecule has 1 aliphatic carbocycles. The van der Waals surface area contributed by atoms with E-state index in [0.717, 1.165) is 30.8 Å². The van der Waals surface area contributed by atoms with Gasteiger partial charge in [0.2, 0.25) is 5.91 Å². The Balaban J connectivity index is 1.56. The molecule has 2 fully saturated rings. The van der Waals surface area contributed by atoms with Crippen LogP contribution in [0, 0.1) is 5.92 Å². The molecule has 0 N–H and O–H groups in total. The summed E-state index contributed by atoms with van der Waals surface area (Å²) < 4.78 is 3.15. The van der Waals surface area contributed by atoms with Crippen LogP contribution in [0.2, 0.25) is 0 Å². The Morgan fingerprint density at radius 3 is 2.57 bits per heavy atom. The fourth-order valence-corrected chi connectivity index (χ4v) is 4.77. The van der Waals surface area contributed by atoms with Crippen LogP contribution in [0.3, 0.4) is 0 Å². The third-order valence-corrected chi connectivity index (χ3v) is 6.28. The first-order chi connectivity index (χ1) is 13.6. The van der Waals surface area contributed by atoms with Crippen LogP contribution in [0.4, 0.5) is 0 Å². The molecule has 1 saturated heterocycles. The third kappa shape index (κ3) is 3.91. The summed E-state index contributed by atoms with van der Waals surface area (Å²) in [6, 6.07) is 9.87. The van der Waals surface area contributed by atoms with Crippen molar-refractivity contribution in [1.29, 1.82) is 0 Å². The minimum atomic E-state index is -0.120. The van der Waals surface area contributed by atoms with Crippen molar-refractivity contribution in [1.82, 2.24) is 19.2 Å². The minimum Gasteiger partial charge on any atom is -0.332 e. The summed E-state index contributed by atoms with van der Waals surface area (Å²) in [6.07, 6.45) is 8.64. The average Bonchev–Trinajstić information content (AvgIpc) is 3.30. The molecule has 1 unspecified atom stereocenters. The van der Waals surface area contributed by atoms with Crippen LogP contribution in [-0.2, 0) is 18.4 Å². The van der Waals surface area contributed by atoms with Gasteiger partial charge in [-0.3, -0.25) is 9.36 Å². The van der Waals surface area contributed by atoms with Gasteiger partial charge in [0.1, 0.15) is 0 Å². The predicted octanol–water partition coefficient (Wildman–Crippen LogP) is 3.26. The van der Waals surface area contributed by atoms with Gasteiger partial charge in [0.05, 0.1) is 12.6 Å². The van der Waals surface area contributed by atoms with E-state index in [1.54, 1.807) is 11.6 Å². The van der Waals surface area contributed by atoms with E-state index >= 15 is 0 Å². The van der Waals surface area contributed by atoms with Gasteiger partial charge in [-0.1, -0.05) is 49.6 Å². The van der Waals surface area contributed by atoms with Crippen LogP contribution >= 0.6 is 0 Å². The third-order valence-electron chi connectivity index (χ3n) is 6.28. The predicted molar refractivity (Wildman–Crippen MR) is 108 cm³/mol. The molecule has 6 nitrogen and oxygen atoms in total. The molecule has 1 aromatic heterocycles. The Morgan fingerprint density at radius 1 is 1.07 bits per heavy atom. The lowest BCUT2D eigenvalue weighted by Gasteiger charge is -2.28. The van der Waals surface area contributed by atoms with Crippen molar-refractivity contribution < 1.29 is 4.79 Å². The van der Waals surface area contributed by atoms with E-state index in [1.807, 2.05) is 35.2 Å². The second-order valence-corrected chi connectivity index (χ2v) is 8.29. The second kappa shape index (κ2) is 8.33. The highest BCUT2D eigenvalue weighted by atomic mass is 16.2. The zero-order valence-electron chi connectivity index (χ0n) is 16.7. The molecule has 0 spiro atoms. The van der Waals surface area contributed by atoms with Gasteiger partial charge < -0.3 is 4.90 Å². The summed E-state index contributed by atoms with van der Waals surface area (Å²) in [6.45, 7) is 1.26. The maximum absolute atomic E-state index is 13.1. The van der Waals surface area contributed by atoms with Gasteiger partial charge in [0, 0.05) is 20.0 Å². The number of aromatic nitrogens is 3.